The second kappa shape index (κ2) is 2.77. The molecule has 1 rings (SSSR count). The van der Waals surface area contributed by atoms with E-state index >= 15 is 0 Å². The van der Waals surface area contributed by atoms with Gasteiger partial charge in [-0.2, -0.15) is 0 Å². The van der Waals surface area contributed by atoms with Crippen molar-refractivity contribution in [2.75, 3.05) is 0 Å². The Hall–Kier alpha value is -1.05. The average molecular weight is 165 g/mol. The second-order valence-corrected chi connectivity index (χ2v) is 3.57. The number of amides is 1. The third-order valence-corrected chi connectivity index (χ3v) is 2.56. The van der Waals surface area contributed by atoms with E-state index in [9.17, 15) is 4.79 Å². The van der Waals surface area contributed by atoms with E-state index < -0.39 is 0 Å². The summed E-state index contributed by atoms with van der Waals surface area (Å²) in [6.07, 6.45) is 4.17. The van der Waals surface area contributed by atoms with Gasteiger partial charge in [0.2, 0.25) is 5.91 Å². The molecule has 0 aromatic heterocycles. The van der Waals surface area contributed by atoms with Gasteiger partial charge in [-0.15, -0.1) is 6.58 Å². The molecule has 0 spiro atoms. The van der Waals surface area contributed by atoms with Crippen LogP contribution in [0.1, 0.15) is 20.3 Å². The molecular weight excluding hydrogens is 150 g/mol. The Bertz CT molecular complexity index is 234. The molecule has 0 radical (unpaired) electrons. The number of likely N-dealkylation sites (tertiary alicyclic amines) is 1. The summed E-state index contributed by atoms with van der Waals surface area (Å²) in [5.41, 5.74) is -0.381. The Balaban J connectivity index is 2.96. The minimum atomic E-state index is -0.381. The van der Waals surface area contributed by atoms with Crippen molar-refractivity contribution in [3.8, 4) is 0 Å². The van der Waals surface area contributed by atoms with Crippen molar-refractivity contribution < 1.29 is 4.79 Å². The van der Waals surface area contributed by atoms with Crippen molar-refractivity contribution in [3.63, 3.8) is 0 Å². The maximum atomic E-state index is 11.7. The van der Waals surface area contributed by atoms with Crippen LogP contribution in [0.3, 0.4) is 0 Å². The van der Waals surface area contributed by atoms with Crippen LogP contribution < -0.4 is 0 Å². The van der Waals surface area contributed by atoms with Gasteiger partial charge in [-0.25, -0.2) is 0 Å². The van der Waals surface area contributed by atoms with E-state index in [2.05, 4.69) is 13.2 Å². The van der Waals surface area contributed by atoms with E-state index in [4.69, 9.17) is 0 Å². The van der Waals surface area contributed by atoms with Crippen LogP contribution in [0.4, 0.5) is 0 Å². The standard InChI is InChI=1S/C10H15NO/c1-5-10(4)7-8(3)11(6-2)9(10)12/h5-6,8H,1-2,7H2,3-4H3. The first-order valence-corrected chi connectivity index (χ1v) is 4.14. The molecule has 1 saturated heterocycles. The molecule has 1 aliphatic rings. The lowest BCUT2D eigenvalue weighted by atomic mass is 9.88. The molecule has 1 heterocycles. The Morgan fingerprint density at radius 2 is 2.25 bits per heavy atom. The average Bonchev–Trinajstić information content (AvgIpc) is 2.25. The van der Waals surface area contributed by atoms with Crippen molar-refractivity contribution in [1.82, 2.24) is 4.90 Å². The summed E-state index contributed by atoms with van der Waals surface area (Å²) in [5.74, 6) is 0.111. The van der Waals surface area contributed by atoms with Crippen molar-refractivity contribution in [2.45, 2.75) is 26.3 Å². The van der Waals surface area contributed by atoms with E-state index in [1.54, 1.807) is 17.2 Å². The highest BCUT2D eigenvalue weighted by Crippen LogP contribution is 2.36. The van der Waals surface area contributed by atoms with Crippen molar-refractivity contribution in [1.29, 1.82) is 0 Å². The molecule has 0 saturated carbocycles. The van der Waals surface area contributed by atoms with Gasteiger partial charge in [0.15, 0.2) is 0 Å². The van der Waals surface area contributed by atoms with Crippen LogP contribution in [-0.2, 0) is 4.79 Å². The number of carbonyl (C=O) groups is 1. The maximum absolute atomic E-state index is 11.7. The molecule has 0 aromatic carbocycles. The third kappa shape index (κ3) is 1.07. The summed E-state index contributed by atoms with van der Waals surface area (Å²) >= 11 is 0. The fourth-order valence-corrected chi connectivity index (χ4v) is 1.73. The molecule has 1 aliphatic heterocycles. The number of nitrogens with zero attached hydrogens (tertiary/aromatic N) is 1. The van der Waals surface area contributed by atoms with Gasteiger partial charge in [0, 0.05) is 6.04 Å². The Kier molecular flexibility index (Phi) is 2.09. The zero-order valence-corrected chi connectivity index (χ0v) is 7.71. The molecule has 0 aromatic rings. The van der Waals surface area contributed by atoms with Crippen LogP contribution >= 0.6 is 0 Å². The molecule has 12 heavy (non-hydrogen) atoms. The highest BCUT2D eigenvalue weighted by molar-refractivity contribution is 5.87. The number of rotatable bonds is 2. The normalized spacial score (nSPS) is 35.3. The summed E-state index contributed by atoms with van der Waals surface area (Å²) in [7, 11) is 0. The van der Waals surface area contributed by atoms with Gasteiger partial charge in [0.05, 0.1) is 5.41 Å². The number of hydrogen-bond acceptors (Lipinski definition) is 1. The number of carbonyl (C=O) groups excluding carboxylic acids is 1. The Labute approximate surface area is 73.6 Å². The van der Waals surface area contributed by atoms with Crippen LogP contribution in [0.15, 0.2) is 25.4 Å². The van der Waals surface area contributed by atoms with Crippen molar-refractivity contribution >= 4 is 5.91 Å². The minimum absolute atomic E-state index is 0.111. The van der Waals surface area contributed by atoms with Crippen LogP contribution in [0, 0.1) is 5.41 Å². The zero-order chi connectivity index (χ0) is 9.35. The van der Waals surface area contributed by atoms with Gasteiger partial charge in [-0.3, -0.25) is 4.79 Å². The highest BCUT2D eigenvalue weighted by atomic mass is 16.2. The Morgan fingerprint density at radius 1 is 1.67 bits per heavy atom. The van der Waals surface area contributed by atoms with E-state index in [1.807, 2.05) is 13.8 Å². The maximum Gasteiger partial charge on any atom is 0.236 e. The summed E-state index contributed by atoms with van der Waals surface area (Å²) in [6.45, 7) is 11.2. The lowest BCUT2D eigenvalue weighted by Crippen LogP contribution is -2.29. The molecule has 0 N–H and O–H groups in total. The lowest BCUT2D eigenvalue weighted by Gasteiger charge is -2.17. The molecule has 1 amide bonds. The van der Waals surface area contributed by atoms with Crippen molar-refractivity contribution in [3.05, 3.63) is 25.4 Å². The lowest BCUT2D eigenvalue weighted by molar-refractivity contribution is -0.131. The molecule has 66 valence electrons. The smallest absolute Gasteiger partial charge is 0.236 e. The molecular formula is C10H15NO. The van der Waals surface area contributed by atoms with E-state index in [1.165, 1.54) is 0 Å². The Morgan fingerprint density at radius 3 is 2.50 bits per heavy atom. The van der Waals surface area contributed by atoms with Gasteiger partial charge < -0.3 is 4.90 Å². The molecule has 2 unspecified atom stereocenters. The van der Waals surface area contributed by atoms with Crippen LogP contribution in [0.25, 0.3) is 0 Å². The molecule has 2 atom stereocenters. The van der Waals surface area contributed by atoms with Gasteiger partial charge in [-0.1, -0.05) is 12.7 Å². The topological polar surface area (TPSA) is 20.3 Å². The van der Waals surface area contributed by atoms with Gasteiger partial charge in [0.1, 0.15) is 0 Å². The summed E-state index contributed by atoms with van der Waals surface area (Å²) in [4.78, 5) is 13.4. The first kappa shape index (κ1) is 9.04. The fourth-order valence-electron chi connectivity index (χ4n) is 1.73. The zero-order valence-electron chi connectivity index (χ0n) is 7.71. The van der Waals surface area contributed by atoms with Crippen molar-refractivity contribution in [2.24, 2.45) is 5.41 Å². The van der Waals surface area contributed by atoms with Gasteiger partial charge >= 0.3 is 0 Å². The van der Waals surface area contributed by atoms with Crippen LogP contribution in [0.2, 0.25) is 0 Å². The largest absolute Gasteiger partial charge is 0.316 e. The van der Waals surface area contributed by atoms with Crippen LogP contribution in [0.5, 0.6) is 0 Å². The SMILES string of the molecule is C=CN1C(=O)C(C)(C=C)CC1C. The fraction of sp³-hybridized carbons (Fsp3) is 0.500. The van der Waals surface area contributed by atoms with E-state index in [-0.39, 0.29) is 17.4 Å². The quantitative estimate of drug-likeness (QED) is 0.573. The van der Waals surface area contributed by atoms with Crippen LogP contribution in [-0.4, -0.2) is 16.8 Å². The molecule has 0 bridgehead atoms. The van der Waals surface area contributed by atoms with E-state index in [0.29, 0.717) is 0 Å². The summed E-state index contributed by atoms with van der Waals surface area (Å²) in [6, 6.07) is 0.248. The number of hydrogen-bond donors (Lipinski definition) is 0. The van der Waals surface area contributed by atoms with E-state index in [0.717, 1.165) is 6.42 Å². The molecule has 0 aliphatic carbocycles. The third-order valence-electron chi connectivity index (χ3n) is 2.56. The van der Waals surface area contributed by atoms with Gasteiger partial charge in [0.25, 0.3) is 0 Å². The first-order chi connectivity index (χ1) is 5.55. The minimum Gasteiger partial charge on any atom is -0.316 e. The monoisotopic (exact) mass is 165 g/mol. The molecule has 2 nitrogen and oxygen atoms in total. The first-order valence-electron chi connectivity index (χ1n) is 4.14. The highest BCUT2D eigenvalue weighted by Gasteiger charge is 2.43. The molecule has 2 heteroatoms. The predicted molar refractivity (Wildman–Crippen MR) is 49.4 cm³/mol. The summed E-state index contributed by atoms with van der Waals surface area (Å²) in [5, 5.41) is 0. The molecule has 1 fully saturated rings. The van der Waals surface area contributed by atoms with Gasteiger partial charge in [-0.05, 0) is 26.5 Å². The second-order valence-electron chi connectivity index (χ2n) is 3.57. The summed E-state index contributed by atoms with van der Waals surface area (Å²) < 4.78 is 0. The predicted octanol–water partition coefficient (Wildman–Crippen LogP) is 1.94.